The van der Waals surface area contributed by atoms with Gasteiger partial charge in [0.05, 0.1) is 12.4 Å². The Morgan fingerprint density at radius 3 is 1.81 bits per heavy atom. The number of allylic oxidation sites excluding steroid dienone is 1. The molecule has 0 spiro atoms. The third-order valence-corrected chi connectivity index (χ3v) is 4.66. The van der Waals surface area contributed by atoms with Gasteiger partial charge in [-0.25, -0.2) is 4.57 Å². The molecule has 0 amide bonds. The lowest BCUT2D eigenvalue weighted by Crippen LogP contribution is -1.93. The highest BCUT2D eigenvalue weighted by Gasteiger charge is 2.23. The fourth-order valence-corrected chi connectivity index (χ4v) is 2.02. The van der Waals surface area contributed by atoms with Crippen molar-refractivity contribution in [3.8, 4) is 0 Å². The first kappa shape index (κ1) is 15.8. The summed E-state index contributed by atoms with van der Waals surface area (Å²) in [5.41, 5.74) is 0. The highest BCUT2D eigenvalue weighted by atomic mass is 31.2. The summed E-state index contributed by atoms with van der Waals surface area (Å²) in [5, 5.41) is 0. The van der Waals surface area contributed by atoms with Crippen LogP contribution < -0.4 is 0 Å². The lowest BCUT2D eigenvalue weighted by Gasteiger charge is -2.12. The average Bonchev–Trinajstić information content (AvgIpc) is 2.34. The zero-order valence-corrected chi connectivity index (χ0v) is 11.4. The van der Waals surface area contributed by atoms with Crippen LogP contribution in [0.3, 0.4) is 0 Å². The minimum absolute atomic E-state index is 0.00652. The van der Waals surface area contributed by atoms with Crippen molar-refractivity contribution in [3.05, 3.63) is 12.3 Å². The molecule has 0 atom stereocenters. The second kappa shape index (κ2) is 7.22. The van der Waals surface area contributed by atoms with Gasteiger partial charge in [-0.15, -0.1) is 0 Å². The van der Waals surface area contributed by atoms with E-state index in [0.29, 0.717) is 0 Å². The van der Waals surface area contributed by atoms with Gasteiger partial charge in [0.1, 0.15) is 0 Å². The number of phosphoric acid groups is 1. The maximum absolute atomic E-state index is 11.5. The second-order valence-electron chi connectivity index (χ2n) is 2.45. The van der Waals surface area contributed by atoms with Crippen molar-refractivity contribution in [2.45, 2.75) is 0 Å². The van der Waals surface area contributed by atoms with Crippen molar-refractivity contribution >= 4 is 15.4 Å². The fourth-order valence-electron chi connectivity index (χ4n) is 0.674. The molecule has 7 nitrogen and oxygen atoms in total. The summed E-state index contributed by atoms with van der Waals surface area (Å²) in [5.74, 6) is 0. The van der Waals surface area contributed by atoms with E-state index in [2.05, 4.69) is 18.1 Å². The van der Waals surface area contributed by atoms with E-state index < -0.39 is 15.4 Å². The van der Waals surface area contributed by atoms with Gasteiger partial charge in [0, 0.05) is 28.4 Å². The van der Waals surface area contributed by atoms with Crippen LogP contribution in [0, 0.1) is 0 Å². The Hall–Kier alpha value is -0.160. The Morgan fingerprint density at radius 2 is 1.44 bits per heavy atom. The van der Waals surface area contributed by atoms with E-state index in [1.165, 1.54) is 34.5 Å². The molecule has 16 heavy (non-hydrogen) atoms. The van der Waals surface area contributed by atoms with Crippen molar-refractivity contribution < 1.29 is 31.7 Å². The monoisotopic (exact) mass is 274 g/mol. The molecule has 0 fully saturated rings. The molecule has 0 heterocycles. The first-order valence-corrected chi connectivity index (χ1v) is 7.39. The standard InChI is InChI=1S/C7H16O7P2/c1-10-15(8,11-2)7-5-6-14-16(9,12-3)13-4/h5-6H,7H2,1-4H3/b6-5+. The van der Waals surface area contributed by atoms with Crippen LogP contribution in [0.25, 0.3) is 0 Å². The van der Waals surface area contributed by atoms with Crippen LogP contribution in [0.2, 0.25) is 0 Å². The van der Waals surface area contributed by atoms with Crippen molar-refractivity contribution in [2.24, 2.45) is 0 Å². The number of rotatable bonds is 8. The summed E-state index contributed by atoms with van der Waals surface area (Å²) in [6.45, 7) is 0. The van der Waals surface area contributed by atoms with Gasteiger partial charge < -0.3 is 13.6 Å². The number of phosphoric ester groups is 1. The van der Waals surface area contributed by atoms with Crippen LogP contribution in [-0.2, 0) is 31.7 Å². The van der Waals surface area contributed by atoms with Crippen LogP contribution in [0.4, 0.5) is 0 Å². The topological polar surface area (TPSA) is 80.3 Å². The Labute approximate surface area is 94.8 Å². The molecule has 0 aromatic rings. The Balaban J connectivity index is 4.23. The molecular formula is C7H16O7P2. The van der Waals surface area contributed by atoms with Crippen LogP contribution in [0.15, 0.2) is 12.3 Å². The van der Waals surface area contributed by atoms with Gasteiger partial charge >= 0.3 is 15.4 Å². The fraction of sp³-hybridized carbons (Fsp3) is 0.714. The van der Waals surface area contributed by atoms with Gasteiger partial charge in [0.25, 0.3) is 0 Å². The Bertz CT molecular complexity index is 268. The molecule has 96 valence electrons. The van der Waals surface area contributed by atoms with Crippen molar-refractivity contribution in [3.63, 3.8) is 0 Å². The van der Waals surface area contributed by atoms with Gasteiger partial charge in [0.15, 0.2) is 0 Å². The van der Waals surface area contributed by atoms with Crippen LogP contribution >= 0.6 is 15.4 Å². The molecule has 9 heteroatoms. The molecular weight excluding hydrogens is 258 g/mol. The summed E-state index contributed by atoms with van der Waals surface area (Å²) in [4.78, 5) is 0. The van der Waals surface area contributed by atoms with Gasteiger partial charge in [-0.2, -0.15) is 0 Å². The molecule has 0 radical (unpaired) electrons. The van der Waals surface area contributed by atoms with Crippen LogP contribution in [0.5, 0.6) is 0 Å². The van der Waals surface area contributed by atoms with Gasteiger partial charge in [-0.3, -0.25) is 13.6 Å². The molecule has 0 saturated heterocycles. The normalized spacial score (nSPS) is 13.2. The molecule has 0 N–H and O–H groups in total. The lowest BCUT2D eigenvalue weighted by molar-refractivity contribution is 0.193. The first-order valence-electron chi connectivity index (χ1n) is 4.20. The molecule has 0 aliphatic rings. The predicted octanol–water partition coefficient (Wildman–Crippen LogP) is 2.40. The molecule has 0 aliphatic carbocycles. The maximum atomic E-state index is 11.5. The Kier molecular flexibility index (Phi) is 7.15. The quantitative estimate of drug-likeness (QED) is 0.496. The smallest absolute Gasteiger partial charge is 0.412 e. The zero-order valence-electron chi connectivity index (χ0n) is 9.61. The minimum atomic E-state index is -3.54. The largest absolute Gasteiger partial charge is 0.528 e. The molecule has 0 bridgehead atoms. The molecule has 0 unspecified atom stereocenters. The first-order chi connectivity index (χ1) is 7.45. The number of hydrogen-bond donors (Lipinski definition) is 0. The van der Waals surface area contributed by atoms with Gasteiger partial charge in [-0.05, 0) is 6.08 Å². The van der Waals surface area contributed by atoms with Crippen molar-refractivity contribution in [1.29, 1.82) is 0 Å². The molecule has 0 aromatic carbocycles. The molecule has 0 aliphatic heterocycles. The summed E-state index contributed by atoms with van der Waals surface area (Å²) in [6.07, 6.45) is 2.41. The molecule has 0 saturated carbocycles. The van der Waals surface area contributed by atoms with Gasteiger partial charge in [0.2, 0.25) is 0 Å². The Morgan fingerprint density at radius 1 is 0.938 bits per heavy atom. The average molecular weight is 274 g/mol. The summed E-state index contributed by atoms with van der Waals surface area (Å²) in [7, 11) is -1.74. The minimum Gasteiger partial charge on any atom is -0.412 e. The zero-order chi connectivity index (χ0) is 12.7. The highest BCUT2D eigenvalue weighted by molar-refractivity contribution is 7.54. The second-order valence-corrected chi connectivity index (χ2v) is 6.60. The predicted molar refractivity (Wildman–Crippen MR) is 58.3 cm³/mol. The van der Waals surface area contributed by atoms with E-state index in [0.717, 1.165) is 6.26 Å². The van der Waals surface area contributed by atoms with Crippen molar-refractivity contribution in [2.75, 3.05) is 34.6 Å². The van der Waals surface area contributed by atoms with Crippen LogP contribution in [-0.4, -0.2) is 34.6 Å². The van der Waals surface area contributed by atoms with E-state index in [1.54, 1.807) is 0 Å². The van der Waals surface area contributed by atoms with Crippen LogP contribution in [0.1, 0.15) is 0 Å². The van der Waals surface area contributed by atoms with E-state index in [4.69, 9.17) is 4.52 Å². The maximum Gasteiger partial charge on any atom is 0.528 e. The SMILES string of the molecule is COP(=O)(C/C=C/OP(=O)(OC)OC)OC. The summed E-state index contributed by atoms with van der Waals surface area (Å²) >= 11 is 0. The highest BCUT2D eigenvalue weighted by Crippen LogP contribution is 2.49. The number of hydrogen-bond acceptors (Lipinski definition) is 7. The third kappa shape index (κ3) is 5.25. The molecule has 0 aromatic heterocycles. The lowest BCUT2D eigenvalue weighted by atomic mass is 10.7. The third-order valence-electron chi connectivity index (χ3n) is 1.62. The summed E-state index contributed by atoms with van der Waals surface area (Å²) in [6, 6.07) is 0. The van der Waals surface area contributed by atoms with E-state index in [-0.39, 0.29) is 6.16 Å². The van der Waals surface area contributed by atoms with Crippen molar-refractivity contribution in [1.82, 2.24) is 0 Å². The van der Waals surface area contributed by atoms with E-state index in [1.807, 2.05) is 0 Å². The van der Waals surface area contributed by atoms with Gasteiger partial charge in [-0.1, -0.05) is 0 Å². The van der Waals surface area contributed by atoms with E-state index in [9.17, 15) is 9.13 Å². The molecule has 0 rings (SSSR count). The van der Waals surface area contributed by atoms with E-state index >= 15 is 0 Å². The summed E-state index contributed by atoms with van der Waals surface area (Å²) < 4.78 is 45.9.